The minimum atomic E-state index is -0.892. The van der Waals surface area contributed by atoms with E-state index in [1.165, 1.54) is 0 Å². The lowest BCUT2D eigenvalue weighted by molar-refractivity contribution is 0.0697. The van der Waals surface area contributed by atoms with Crippen molar-refractivity contribution in [2.45, 2.75) is 0 Å². The summed E-state index contributed by atoms with van der Waals surface area (Å²) in [6.07, 6.45) is 0. The van der Waals surface area contributed by atoms with E-state index >= 15 is 0 Å². The predicted molar refractivity (Wildman–Crippen MR) is 67.5 cm³/mol. The first-order valence-electron chi connectivity index (χ1n) is 5.40. The van der Waals surface area contributed by atoms with Gasteiger partial charge in [0.25, 0.3) is 0 Å². The Morgan fingerprint density at radius 3 is 2.41 bits per heavy atom. The van der Waals surface area contributed by atoms with Crippen molar-refractivity contribution in [1.82, 2.24) is 0 Å². The van der Waals surface area contributed by atoms with Crippen LogP contribution in [0.4, 0.5) is 0 Å². The van der Waals surface area contributed by atoms with Gasteiger partial charge >= 0.3 is 5.97 Å². The maximum atomic E-state index is 10.9. The molecule has 17 heavy (non-hydrogen) atoms. The molecule has 0 atom stereocenters. The molecule has 0 fully saturated rings. The number of rotatable bonds is 1. The molecule has 2 aliphatic rings. The molecule has 0 aliphatic heterocycles. The van der Waals surface area contributed by atoms with Crippen LogP contribution in [0, 0.1) is 0 Å². The molecule has 82 valence electrons. The topological polar surface area (TPSA) is 37.3 Å². The van der Waals surface area contributed by atoms with E-state index in [0.717, 1.165) is 21.9 Å². The van der Waals surface area contributed by atoms with E-state index in [0.29, 0.717) is 5.56 Å². The van der Waals surface area contributed by atoms with Crippen molar-refractivity contribution in [2.24, 2.45) is 0 Å². The first kappa shape index (κ1) is 9.85. The molecule has 0 radical (unpaired) electrons. The molecule has 1 N–H and O–H groups in total. The van der Waals surface area contributed by atoms with Crippen LogP contribution >= 0.6 is 0 Å². The molecule has 0 aromatic heterocycles. The lowest BCUT2D eigenvalue weighted by Crippen LogP contribution is -1.94. The van der Waals surface area contributed by atoms with E-state index in [4.69, 9.17) is 5.11 Å². The van der Waals surface area contributed by atoms with Gasteiger partial charge in [-0.05, 0) is 40.1 Å². The second kappa shape index (κ2) is 3.59. The number of carboxylic acids is 1. The summed E-state index contributed by atoms with van der Waals surface area (Å²) < 4.78 is 0. The Kier molecular flexibility index (Phi) is 2.08. The van der Waals surface area contributed by atoms with Crippen LogP contribution in [-0.4, -0.2) is 11.1 Å². The number of carbonyl (C=O) groups is 1. The molecular formula is C15H10O2. The Morgan fingerprint density at radius 2 is 1.59 bits per heavy atom. The van der Waals surface area contributed by atoms with E-state index in [9.17, 15) is 4.79 Å². The van der Waals surface area contributed by atoms with Gasteiger partial charge in [-0.2, -0.15) is 0 Å². The second-order valence-corrected chi connectivity index (χ2v) is 4.06. The number of aromatic carboxylic acids is 1. The molecule has 0 saturated carbocycles. The fraction of sp³-hybridized carbons (Fsp3) is 0. The summed E-state index contributed by atoms with van der Waals surface area (Å²) in [6, 6.07) is 17.4. The van der Waals surface area contributed by atoms with Crippen molar-refractivity contribution in [3.63, 3.8) is 0 Å². The largest absolute Gasteiger partial charge is 0.478 e. The summed E-state index contributed by atoms with van der Waals surface area (Å²) in [5.41, 5.74) is 2.61. The lowest BCUT2D eigenvalue weighted by atomic mass is 10.1. The SMILES string of the molecule is O=C(O)c1ccc2ccc3cccc-3cc2c1. The Balaban J connectivity index is 2.35. The maximum absolute atomic E-state index is 10.9. The quantitative estimate of drug-likeness (QED) is 0.682. The first-order valence-corrected chi connectivity index (χ1v) is 5.40. The van der Waals surface area contributed by atoms with Crippen molar-refractivity contribution in [3.05, 3.63) is 60.2 Å². The van der Waals surface area contributed by atoms with Crippen molar-refractivity contribution in [1.29, 1.82) is 0 Å². The van der Waals surface area contributed by atoms with Crippen LogP contribution < -0.4 is 0 Å². The summed E-state index contributed by atoms with van der Waals surface area (Å²) in [5, 5.41) is 11.0. The third-order valence-electron chi connectivity index (χ3n) is 2.97. The Bertz CT molecular complexity index is 686. The molecule has 0 saturated heterocycles. The van der Waals surface area contributed by atoms with Gasteiger partial charge in [-0.15, -0.1) is 0 Å². The zero-order chi connectivity index (χ0) is 11.8. The highest BCUT2D eigenvalue weighted by Crippen LogP contribution is 2.26. The van der Waals surface area contributed by atoms with Crippen molar-refractivity contribution < 1.29 is 9.90 Å². The van der Waals surface area contributed by atoms with Crippen molar-refractivity contribution >= 4 is 16.7 Å². The van der Waals surface area contributed by atoms with Gasteiger partial charge in [0.15, 0.2) is 0 Å². The molecule has 0 bridgehead atoms. The van der Waals surface area contributed by atoms with Crippen LogP contribution in [0.15, 0.2) is 54.6 Å². The van der Waals surface area contributed by atoms with Gasteiger partial charge in [0.05, 0.1) is 5.56 Å². The summed E-state index contributed by atoms with van der Waals surface area (Å²) >= 11 is 0. The van der Waals surface area contributed by atoms with Gasteiger partial charge in [0.1, 0.15) is 0 Å². The van der Waals surface area contributed by atoms with E-state index in [1.807, 2.05) is 36.4 Å². The Morgan fingerprint density at radius 1 is 0.824 bits per heavy atom. The number of carboxylic acid groups (broad SMARTS) is 1. The van der Waals surface area contributed by atoms with Gasteiger partial charge in [-0.1, -0.05) is 36.4 Å². The van der Waals surface area contributed by atoms with Crippen LogP contribution in [0.3, 0.4) is 0 Å². The molecule has 0 spiro atoms. The van der Waals surface area contributed by atoms with Crippen LogP contribution in [0.1, 0.15) is 10.4 Å². The number of fused-ring (bicyclic) bond motifs is 2. The number of benzene rings is 1. The molecule has 3 rings (SSSR count). The van der Waals surface area contributed by atoms with Crippen LogP contribution in [0.5, 0.6) is 0 Å². The monoisotopic (exact) mass is 222 g/mol. The molecule has 2 nitrogen and oxygen atoms in total. The van der Waals surface area contributed by atoms with E-state index in [2.05, 4.69) is 6.07 Å². The Hall–Kier alpha value is -2.35. The van der Waals surface area contributed by atoms with Crippen LogP contribution in [0.2, 0.25) is 0 Å². The van der Waals surface area contributed by atoms with Gasteiger partial charge in [0, 0.05) is 0 Å². The molecule has 2 aliphatic carbocycles. The molecule has 0 amide bonds. The fourth-order valence-electron chi connectivity index (χ4n) is 2.06. The predicted octanol–water partition coefficient (Wildman–Crippen LogP) is 3.64. The smallest absolute Gasteiger partial charge is 0.335 e. The average molecular weight is 222 g/mol. The molecule has 0 unspecified atom stereocenters. The number of hydrogen-bond acceptors (Lipinski definition) is 1. The van der Waals surface area contributed by atoms with Crippen LogP contribution in [-0.2, 0) is 0 Å². The van der Waals surface area contributed by atoms with Gasteiger partial charge in [-0.3, -0.25) is 0 Å². The van der Waals surface area contributed by atoms with Gasteiger partial charge in [0.2, 0.25) is 0 Å². The van der Waals surface area contributed by atoms with E-state index < -0.39 is 5.97 Å². The molecular weight excluding hydrogens is 212 g/mol. The summed E-state index contributed by atoms with van der Waals surface area (Å²) in [6.45, 7) is 0. The third kappa shape index (κ3) is 1.64. The highest BCUT2D eigenvalue weighted by Gasteiger charge is 2.05. The zero-order valence-electron chi connectivity index (χ0n) is 9.05. The van der Waals surface area contributed by atoms with Crippen molar-refractivity contribution in [2.75, 3.05) is 0 Å². The lowest BCUT2D eigenvalue weighted by Gasteiger charge is -1.96. The number of hydrogen-bond donors (Lipinski definition) is 1. The van der Waals surface area contributed by atoms with E-state index in [1.54, 1.807) is 12.1 Å². The molecule has 1 aromatic rings. The first-order chi connectivity index (χ1) is 8.24. The third-order valence-corrected chi connectivity index (χ3v) is 2.97. The summed E-state index contributed by atoms with van der Waals surface area (Å²) in [7, 11) is 0. The summed E-state index contributed by atoms with van der Waals surface area (Å²) in [4.78, 5) is 10.9. The molecule has 1 aromatic carbocycles. The minimum absolute atomic E-state index is 0.323. The second-order valence-electron chi connectivity index (χ2n) is 4.06. The zero-order valence-corrected chi connectivity index (χ0v) is 9.05. The molecule has 2 heteroatoms. The summed E-state index contributed by atoms with van der Waals surface area (Å²) in [5.74, 6) is -0.892. The van der Waals surface area contributed by atoms with Crippen LogP contribution in [0.25, 0.3) is 21.9 Å². The highest BCUT2D eigenvalue weighted by molar-refractivity contribution is 5.95. The highest BCUT2D eigenvalue weighted by atomic mass is 16.4. The van der Waals surface area contributed by atoms with E-state index in [-0.39, 0.29) is 0 Å². The van der Waals surface area contributed by atoms with Gasteiger partial charge in [-0.25, -0.2) is 4.79 Å². The normalized spacial score (nSPS) is 10.8. The maximum Gasteiger partial charge on any atom is 0.335 e. The average Bonchev–Trinajstić information content (AvgIpc) is 2.68. The van der Waals surface area contributed by atoms with Crippen molar-refractivity contribution in [3.8, 4) is 11.1 Å². The standard InChI is InChI=1S/C15H10O2/c16-15(17)13-7-6-11-5-4-10-2-1-3-12(10)8-14(11)9-13/h1-9H,(H,16,17). The molecule has 0 heterocycles. The Labute approximate surface area is 98.5 Å². The minimum Gasteiger partial charge on any atom is -0.478 e. The fourth-order valence-corrected chi connectivity index (χ4v) is 2.06. The van der Waals surface area contributed by atoms with Gasteiger partial charge < -0.3 is 5.11 Å².